The molecule has 0 saturated carbocycles. The molecule has 17 heavy (non-hydrogen) atoms. The molecule has 0 aliphatic carbocycles. The van der Waals surface area contributed by atoms with Crippen LogP contribution in [0.15, 0.2) is 18.2 Å². The molecular formula is C13H16O4. The molecule has 1 N–H and O–H groups in total. The molecule has 0 spiro atoms. The third-order valence-corrected chi connectivity index (χ3v) is 2.48. The predicted octanol–water partition coefficient (Wildman–Crippen LogP) is 1.70. The molecule has 0 aromatic heterocycles. The molecule has 0 amide bonds. The minimum absolute atomic E-state index is 0.0685. The normalized spacial score (nSPS) is 11.9. The first kappa shape index (κ1) is 13.2. The molecule has 1 rings (SSSR count). The van der Waals surface area contributed by atoms with Crippen LogP contribution in [0.2, 0.25) is 0 Å². The van der Waals surface area contributed by atoms with Gasteiger partial charge in [-0.3, -0.25) is 4.79 Å². The van der Waals surface area contributed by atoms with Crippen molar-refractivity contribution < 1.29 is 19.4 Å². The molecule has 1 aromatic rings. The molecule has 4 heteroatoms. The number of benzene rings is 1. The van der Waals surface area contributed by atoms with Gasteiger partial charge in [0.2, 0.25) is 0 Å². The van der Waals surface area contributed by atoms with Crippen molar-refractivity contribution in [3.05, 3.63) is 29.3 Å². The highest BCUT2D eigenvalue weighted by Gasteiger charge is 2.10. The number of carboxylic acids is 1. The van der Waals surface area contributed by atoms with Crippen LogP contribution in [0.5, 0.6) is 5.75 Å². The Morgan fingerprint density at radius 1 is 1.53 bits per heavy atom. The fraction of sp³-hybridized carbons (Fsp3) is 0.385. The van der Waals surface area contributed by atoms with Gasteiger partial charge < -0.3 is 14.6 Å². The topological polar surface area (TPSA) is 63.6 Å². The van der Waals surface area contributed by atoms with Crippen LogP contribution in [0, 0.1) is 5.92 Å². The van der Waals surface area contributed by atoms with Crippen LogP contribution in [-0.2, 0) is 22.4 Å². The standard InChI is InChI=1S/C13H16O4/c1-9(8-14)5-10-3-4-12(17-2)11(6-10)7-13(15)16/h3-4,6,8-9H,5,7H2,1-2H3,(H,15,16). The zero-order valence-corrected chi connectivity index (χ0v) is 9.97. The highest BCUT2D eigenvalue weighted by molar-refractivity contribution is 5.71. The second-order valence-electron chi connectivity index (χ2n) is 4.03. The highest BCUT2D eigenvalue weighted by Crippen LogP contribution is 2.21. The van der Waals surface area contributed by atoms with E-state index in [9.17, 15) is 9.59 Å². The van der Waals surface area contributed by atoms with Crippen molar-refractivity contribution in [2.75, 3.05) is 7.11 Å². The van der Waals surface area contributed by atoms with E-state index in [1.807, 2.05) is 13.0 Å². The van der Waals surface area contributed by atoms with E-state index in [0.29, 0.717) is 17.7 Å². The summed E-state index contributed by atoms with van der Waals surface area (Å²) in [6.45, 7) is 1.83. The van der Waals surface area contributed by atoms with E-state index in [4.69, 9.17) is 9.84 Å². The Hall–Kier alpha value is -1.84. The quantitative estimate of drug-likeness (QED) is 0.763. The van der Waals surface area contributed by atoms with E-state index in [1.54, 1.807) is 12.1 Å². The lowest BCUT2D eigenvalue weighted by molar-refractivity contribution is -0.136. The van der Waals surface area contributed by atoms with Gasteiger partial charge in [-0.15, -0.1) is 0 Å². The van der Waals surface area contributed by atoms with E-state index in [1.165, 1.54) is 7.11 Å². The molecule has 0 radical (unpaired) electrons. The van der Waals surface area contributed by atoms with Gasteiger partial charge in [-0.05, 0) is 18.1 Å². The first-order valence-electron chi connectivity index (χ1n) is 5.39. The number of methoxy groups -OCH3 is 1. The van der Waals surface area contributed by atoms with Crippen molar-refractivity contribution in [1.82, 2.24) is 0 Å². The fourth-order valence-electron chi connectivity index (χ4n) is 1.68. The summed E-state index contributed by atoms with van der Waals surface area (Å²) in [6.07, 6.45) is 1.42. The molecule has 1 aromatic carbocycles. The zero-order chi connectivity index (χ0) is 12.8. The lowest BCUT2D eigenvalue weighted by Crippen LogP contribution is -2.05. The van der Waals surface area contributed by atoms with E-state index in [2.05, 4.69) is 0 Å². The summed E-state index contributed by atoms with van der Waals surface area (Å²) in [4.78, 5) is 21.3. The van der Waals surface area contributed by atoms with Crippen molar-refractivity contribution in [2.45, 2.75) is 19.8 Å². The van der Waals surface area contributed by atoms with Crippen LogP contribution < -0.4 is 4.74 Å². The summed E-state index contributed by atoms with van der Waals surface area (Å²) in [5, 5.41) is 8.79. The van der Waals surface area contributed by atoms with E-state index in [-0.39, 0.29) is 12.3 Å². The number of aldehydes is 1. The second kappa shape index (κ2) is 6.03. The second-order valence-corrected chi connectivity index (χ2v) is 4.03. The summed E-state index contributed by atoms with van der Waals surface area (Å²) >= 11 is 0. The van der Waals surface area contributed by atoms with Crippen molar-refractivity contribution in [3.63, 3.8) is 0 Å². The van der Waals surface area contributed by atoms with Gasteiger partial charge in [0.1, 0.15) is 12.0 Å². The summed E-state index contributed by atoms with van der Waals surface area (Å²) in [7, 11) is 1.51. The molecule has 0 saturated heterocycles. The number of rotatable bonds is 6. The van der Waals surface area contributed by atoms with Crippen molar-refractivity contribution in [1.29, 1.82) is 0 Å². The van der Waals surface area contributed by atoms with Crippen LogP contribution >= 0.6 is 0 Å². The lowest BCUT2D eigenvalue weighted by atomic mass is 9.99. The maximum absolute atomic E-state index is 10.7. The van der Waals surface area contributed by atoms with Gasteiger partial charge in [0.25, 0.3) is 0 Å². The molecule has 1 atom stereocenters. The van der Waals surface area contributed by atoms with Gasteiger partial charge in [0.05, 0.1) is 13.5 Å². The molecule has 0 bridgehead atoms. The third-order valence-electron chi connectivity index (χ3n) is 2.48. The molecule has 92 valence electrons. The van der Waals surface area contributed by atoms with Crippen molar-refractivity contribution in [2.24, 2.45) is 5.92 Å². The SMILES string of the molecule is COc1ccc(CC(C)C=O)cc1CC(=O)O. The number of carboxylic acid groups (broad SMARTS) is 1. The van der Waals surface area contributed by atoms with Gasteiger partial charge in [0, 0.05) is 11.5 Å². The smallest absolute Gasteiger partial charge is 0.307 e. The van der Waals surface area contributed by atoms with Crippen molar-refractivity contribution in [3.8, 4) is 5.75 Å². The molecule has 1 unspecified atom stereocenters. The molecule has 0 fully saturated rings. The summed E-state index contributed by atoms with van der Waals surface area (Å²) < 4.78 is 5.10. The maximum Gasteiger partial charge on any atom is 0.307 e. The number of aliphatic carboxylic acids is 1. The van der Waals surface area contributed by atoms with Crippen molar-refractivity contribution >= 4 is 12.3 Å². The number of hydrogen-bond acceptors (Lipinski definition) is 3. The van der Waals surface area contributed by atoms with E-state index < -0.39 is 5.97 Å². The van der Waals surface area contributed by atoms with Crippen LogP contribution in [0.3, 0.4) is 0 Å². The van der Waals surface area contributed by atoms with Crippen LogP contribution in [0.4, 0.5) is 0 Å². The number of carbonyl (C=O) groups is 2. The number of carbonyl (C=O) groups excluding carboxylic acids is 1. The fourth-order valence-corrected chi connectivity index (χ4v) is 1.68. The minimum atomic E-state index is -0.899. The van der Waals surface area contributed by atoms with Crippen LogP contribution in [0.25, 0.3) is 0 Å². The molecular weight excluding hydrogens is 220 g/mol. The Labute approximate surface area is 100 Å². The number of hydrogen-bond donors (Lipinski definition) is 1. The Morgan fingerprint density at radius 3 is 2.76 bits per heavy atom. The van der Waals surface area contributed by atoms with Crippen LogP contribution in [-0.4, -0.2) is 24.5 Å². The van der Waals surface area contributed by atoms with E-state index >= 15 is 0 Å². The minimum Gasteiger partial charge on any atom is -0.496 e. The van der Waals surface area contributed by atoms with Gasteiger partial charge >= 0.3 is 5.97 Å². The largest absolute Gasteiger partial charge is 0.496 e. The monoisotopic (exact) mass is 236 g/mol. The highest BCUT2D eigenvalue weighted by atomic mass is 16.5. The molecule has 0 aliphatic heterocycles. The Morgan fingerprint density at radius 2 is 2.24 bits per heavy atom. The van der Waals surface area contributed by atoms with Gasteiger partial charge in [-0.1, -0.05) is 19.1 Å². The summed E-state index contributed by atoms with van der Waals surface area (Å²) in [5.41, 5.74) is 1.58. The van der Waals surface area contributed by atoms with E-state index in [0.717, 1.165) is 11.8 Å². The average Bonchev–Trinajstić information content (AvgIpc) is 2.28. The summed E-state index contributed by atoms with van der Waals surface area (Å²) in [5.74, 6) is -0.403. The maximum atomic E-state index is 10.7. The summed E-state index contributed by atoms with van der Waals surface area (Å²) in [6, 6.07) is 5.38. The van der Waals surface area contributed by atoms with Crippen LogP contribution in [0.1, 0.15) is 18.1 Å². The Kier molecular flexibility index (Phi) is 4.69. The van der Waals surface area contributed by atoms with Gasteiger partial charge in [-0.25, -0.2) is 0 Å². The first-order valence-corrected chi connectivity index (χ1v) is 5.39. The average molecular weight is 236 g/mol. The van der Waals surface area contributed by atoms with Gasteiger partial charge in [0.15, 0.2) is 0 Å². The lowest BCUT2D eigenvalue weighted by Gasteiger charge is -2.10. The molecule has 0 aliphatic rings. The third kappa shape index (κ3) is 3.90. The first-order chi connectivity index (χ1) is 8.06. The number of ether oxygens (including phenoxy) is 1. The molecule has 0 heterocycles. The Balaban J connectivity index is 2.95. The zero-order valence-electron chi connectivity index (χ0n) is 9.97. The molecule has 4 nitrogen and oxygen atoms in total. The predicted molar refractivity (Wildman–Crippen MR) is 63.3 cm³/mol. The Bertz CT molecular complexity index is 412. The van der Waals surface area contributed by atoms with Gasteiger partial charge in [-0.2, -0.15) is 0 Å².